The summed E-state index contributed by atoms with van der Waals surface area (Å²) in [6.45, 7) is 9.94. The summed E-state index contributed by atoms with van der Waals surface area (Å²) in [6, 6.07) is 9.16. The normalized spacial score (nSPS) is 19.9. The number of aromatic nitrogens is 1. The Morgan fingerprint density at radius 3 is 2.42 bits per heavy atom. The first-order valence-corrected chi connectivity index (χ1v) is 10.5. The van der Waals surface area contributed by atoms with Gasteiger partial charge < -0.3 is 10.1 Å². The second-order valence-electron chi connectivity index (χ2n) is 9.88. The van der Waals surface area contributed by atoms with Gasteiger partial charge in [0.25, 0.3) is 5.91 Å². The Morgan fingerprint density at radius 1 is 1.10 bits per heavy atom. The zero-order valence-corrected chi connectivity index (χ0v) is 18.5. The van der Waals surface area contributed by atoms with Gasteiger partial charge in [-0.1, -0.05) is 0 Å². The van der Waals surface area contributed by atoms with Gasteiger partial charge in [-0.2, -0.15) is 0 Å². The number of anilines is 1. The number of hydrogen-bond acceptors (Lipinski definition) is 4. The summed E-state index contributed by atoms with van der Waals surface area (Å²) >= 11 is 0. The number of hydrogen-bond donors (Lipinski definition) is 1. The van der Waals surface area contributed by atoms with Crippen molar-refractivity contribution in [3.8, 4) is 0 Å². The van der Waals surface area contributed by atoms with Crippen LogP contribution in [0.5, 0.6) is 0 Å². The Morgan fingerprint density at radius 2 is 1.77 bits per heavy atom. The number of carbonyl (C=O) groups is 2. The number of ether oxygens (including phenoxy) is 1. The highest BCUT2D eigenvalue weighted by Gasteiger charge is 2.48. The molecule has 1 aliphatic heterocycles. The highest BCUT2D eigenvalue weighted by Crippen LogP contribution is 2.54. The number of fused-ring (bicyclic) bond motifs is 3. The number of amides is 2. The van der Waals surface area contributed by atoms with Crippen LogP contribution in [0.4, 0.5) is 14.9 Å². The zero-order valence-electron chi connectivity index (χ0n) is 18.5. The highest BCUT2D eigenvalue weighted by molar-refractivity contribution is 5.94. The molecule has 1 aliphatic carbocycles. The van der Waals surface area contributed by atoms with Crippen molar-refractivity contribution >= 4 is 17.7 Å². The fraction of sp³-hybridized carbons (Fsp3) is 0.458. The Balaban J connectivity index is 1.58. The summed E-state index contributed by atoms with van der Waals surface area (Å²) in [5.41, 5.74) is 1.42. The molecule has 2 heterocycles. The van der Waals surface area contributed by atoms with Crippen LogP contribution in [0.15, 0.2) is 36.4 Å². The maximum Gasteiger partial charge on any atom is 0.414 e. The van der Waals surface area contributed by atoms with E-state index in [4.69, 9.17) is 9.72 Å². The van der Waals surface area contributed by atoms with E-state index < -0.39 is 11.1 Å². The van der Waals surface area contributed by atoms with Crippen LogP contribution >= 0.6 is 0 Å². The van der Waals surface area contributed by atoms with Gasteiger partial charge in [-0.25, -0.2) is 9.18 Å². The van der Waals surface area contributed by atoms with Gasteiger partial charge >= 0.3 is 6.09 Å². The van der Waals surface area contributed by atoms with Crippen molar-refractivity contribution in [1.29, 1.82) is 0 Å². The molecule has 1 N–H and O–H groups in total. The monoisotopic (exact) mass is 425 g/mol. The lowest BCUT2D eigenvalue weighted by Gasteiger charge is -2.32. The van der Waals surface area contributed by atoms with Crippen LogP contribution in [0, 0.1) is 11.7 Å². The first-order valence-electron chi connectivity index (χ1n) is 10.5. The second kappa shape index (κ2) is 7.32. The first kappa shape index (κ1) is 21.3. The van der Waals surface area contributed by atoms with E-state index in [-0.39, 0.29) is 17.8 Å². The second-order valence-corrected chi connectivity index (χ2v) is 9.88. The lowest BCUT2D eigenvalue weighted by molar-refractivity contribution is 0.0576. The van der Waals surface area contributed by atoms with Crippen molar-refractivity contribution in [2.24, 2.45) is 5.92 Å². The van der Waals surface area contributed by atoms with Gasteiger partial charge in [0.05, 0.1) is 22.6 Å². The highest BCUT2D eigenvalue weighted by atomic mass is 19.1. The van der Waals surface area contributed by atoms with Crippen LogP contribution in [0.3, 0.4) is 0 Å². The summed E-state index contributed by atoms with van der Waals surface area (Å²) in [6.07, 6.45) is 0.628. The molecule has 1 aromatic carbocycles. The number of halogens is 1. The minimum absolute atomic E-state index is 0.302. The van der Waals surface area contributed by atoms with Crippen molar-refractivity contribution in [1.82, 2.24) is 10.3 Å². The number of rotatable bonds is 3. The van der Waals surface area contributed by atoms with Gasteiger partial charge in [-0.05, 0) is 83.4 Å². The molecule has 6 nitrogen and oxygen atoms in total. The van der Waals surface area contributed by atoms with E-state index in [2.05, 4.69) is 5.32 Å². The summed E-state index contributed by atoms with van der Waals surface area (Å²) < 4.78 is 18.7. The molecule has 31 heavy (non-hydrogen) atoms. The third-order valence-corrected chi connectivity index (χ3v) is 5.67. The Bertz CT molecular complexity index is 1030. The summed E-state index contributed by atoms with van der Waals surface area (Å²) in [7, 11) is 0. The molecule has 1 fully saturated rings. The number of carbonyl (C=O) groups excluding carboxylic acids is 2. The Hall–Kier alpha value is -2.96. The van der Waals surface area contributed by atoms with Crippen molar-refractivity contribution in [2.45, 2.75) is 58.1 Å². The topological polar surface area (TPSA) is 71.5 Å². The minimum atomic E-state index is -0.751. The smallest absolute Gasteiger partial charge is 0.414 e. The zero-order chi connectivity index (χ0) is 22.6. The molecule has 0 bridgehead atoms. The third-order valence-electron chi connectivity index (χ3n) is 5.67. The molecule has 0 saturated heterocycles. The third kappa shape index (κ3) is 4.40. The van der Waals surface area contributed by atoms with Gasteiger partial charge in [-0.15, -0.1) is 0 Å². The van der Waals surface area contributed by atoms with Crippen molar-refractivity contribution in [3.05, 3.63) is 59.2 Å². The fourth-order valence-corrected chi connectivity index (χ4v) is 3.95. The molecular formula is C24H28FN3O3. The predicted molar refractivity (Wildman–Crippen MR) is 116 cm³/mol. The van der Waals surface area contributed by atoms with Crippen LogP contribution in [-0.2, 0) is 10.3 Å². The van der Waals surface area contributed by atoms with Crippen LogP contribution in [0.25, 0.3) is 0 Å². The van der Waals surface area contributed by atoms with E-state index in [1.165, 1.54) is 24.3 Å². The Labute approximate surface area is 181 Å². The molecule has 2 unspecified atom stereocenters. The van der Waals surface area contributed by atoms with Crippen LogP contribution in [0.1, 0.15) is 68.7 Å². The molecule has 1 saturated carbocycles. The Kier molecular flexibility index (Phi) is 5.03. The lowest BCUT2D eigenvalue weighted by Crippen LogP contribution is -2.43. The van der Waals surface area contributed by atoms with E-state index >= 15 is 0 Å². The molecule has 2 aromatic rings. The molecule has 164 valence electrons. The van der Waals surface area contributed by atoms with Gasteiger partial charge in [-0.3, -0.25) is 14.7 Å². The quantitative estimate of drug-likeness (QED) is 0.771. The summed E-state index contributed by atoms with van der Waals surface area (Å²) in [5, 5.41) is 2.98. The molecule has 2 aliphatic rings. The molecule has 2 atom stereocenters. The van der Waals surface area contributed by atoms with Crippen molar-refractivity contribution in [2.75, 3.05) is 11.4 Å². The van der Waals surface area contributed by atoms with Crippen LogP contribution in [0.2, 0.25) is 0 Å². The summed E-state index contributed by atoms with van der Waals surface area (Å²) in [5.74, 6) is 0.0295. The predicted octanol–water partition coefficient (Wildman–Crippen LogP) is 4.74. The molecule has 4 rings (SSSR count). The number of benzene rings is 1. The standard InChI is InChI=1S/C24H28FN3O3/c1-23(2,3)31-22(30)28-13-15-12-17(15)20-18(28)10-11-19(26-20)24(4,5)27-21(29)14-6-8-16(25)9-7-14/h6-11,15,17H,12-13H2,1-5H3,(H,27,29). The van der Waals surface area contributed by atoms with Crippen LogP contribution in [-0.4, -0.2) is 29.1 Å². The van der Waals surface area contributed by atoms with E-state index in [1.807, 2.05) is 46.8 Å². The van der Waals surface area contributed by atoms with Gasteiger partial charge in [0.1, 0.15) is 11.4 Å². The van der Waals surface area contributed by atoms with Gasteiger partial charge in [0.15, 0.2) is 0 Å². The van der Waals surface area contributed by atoms with Crippen molar-refractivity contribution < 1.29 is 18.7 Å². The lowest BCUT2D eigenvalue weighted by atomic mass is 9.97. The largest absolute Gasteiger partial charge is 0.443 e. The van der Waals surface area contributed by atoms with Gasteiger partial charge in [0.2, 0.25) is 0 Å². The molecule has 1 aromatic heterocycles. The first-order chi connectivity index (χ1) is 14.4. The minimum Gasteiger partial charge on any atom is -0.443 e. The number of nitrogens with one attached hydrogen (secondary N) is 1. The fourth-order valence-electron chi connectivity index (χ4n) is 3.95. The maximum absolute atomic E-state index is 13.2. The van der Waals surface area contributed by atoms with Crippen LogP contribution < -0.4 is 10.2 Å². The average Bonchev–Trinajstić information content (AvgIpc) is 3.45. The average molecular weight is 426 g/mol. The molecule has 2 amide bonds. The number of nitrogens with zero attached hydrogens (tertiary/aromatic N) is 2. The summed E-state index contributed by atoms with van der Waals surface area (Å²) in [4.78, 5) is 31.9. The molecular weight excluding hydrogens is 397 g/mol. The number of pyridine rings is 1. The van der Waals surface area contributed by atoms with Gasteiger partial charge in [0, 0.05) is 18.0 Å². The molecule has 7 heteroatoms. The van der Waals surface area contributed by atoms with E-state index in [1.54, 1.807) is 4.90 Å². The SMILES string of the molecule is CC(C)(C)OC(=O)N1CC2CC2c2nc(C(C)(C)NC(=O)c3ccc(F)cc3)ccc21. The molecule has 0 radical (unpaired) electrons. The van der Waals surface area contributed by atoms with E-state index in [9.17, 15) is 14.0 Å². The van der Waals surface area contributed by atoms with E-state index in [0.717, 1.165) is 17.8 Å². The van der Waals surface area contributed by atoms with Crippen molar-refractivity contribution in [3.63, 3.8) is 0 Å². The maximum atomic E-state index is 13.2. The van der Waals surface area contributed by atoms with E-state index in [0.29, 0.717) is 29.6 Å². The molecule has 0 spiro atoms.